The van der Waals surface area contributed by atoms with Gasteiger partial charge in [0.05, 0.1) is 0 Å². The zero-order valence-corrected chi connectivity index (χ0v) is 15.0. The lowest BCUT2D eigenvalue weighted by Crippen LogP contribution is -2.21. The molecule has 0 fully saturated rings. The van der Waals surface area contributed by atoms with Gasteiger partial charge in [0.2, 0.25) is 5.91 Å². The van der Waals surface area contributed by atoms with Crippen molar-refractivity contribution in [2.24, 2.45) is 0 Å². The average Bonchev–Trinajstić information content (AvgIpc) is 2.63. The summed E-state index contributed by atoms with van der Waals surface area (Å²) in [6.07, 6.45) is 0.412. The van der Waals surface area contributed by atoms with E-state index in [9.17, 15) is 9.59 Å². The largest absolute Gasteiger partial charge is 0.372 e. The van der Waals surface area contributed by atoms with Gasteiger partial charge < -0.3 is 15.5 Å². The molecule has 0 aromatic heterocycles. The Balaban J connectivity index is 2.06. The molecule has 2 rings (SSSR count). The third-order valence-electron chi connectivity index (χ3n) is 3.98. The van der Waals surface area contributed by atoms with Gasteiger partial charge in [0, 0.05) is 42.1 Å². The van der Waals surface area contributed by atoms with Crippen molar-refractivity contribution in [2.75, 3.05) is 28.6 Å². The molecule has 0 aliphatic rings. The molecule has 25 heavy (non-hydrogen) atoms. The summed E-state index contributed by atoms with van der Waals surface area (Å²) in [5, 5.41) is 5.64. The van der Waals surface area contributed by atoms with E-state index in [-0.39, 0.29) is 11.8 Å². The van der Waals surface area contributed by atoms with E-state index in [0.717, 1.165) is 18.8 Å². The number of hydrogen-bond acceptors (Lipinski definition) is 3. The summed E-state index contributed by atoms with van der Waals surface area (Å²) in [5.74, 6) is -0.236. The Kier molecular flexibility index (Phi) is 6.57. The first-order valence-electron chi connectivity index (χ1n) is 8.63. The molecule has 2 N–H and O–H groups in total. The molecule has 2 aromatic carbocycles. The van der Waals surface area contributed by atoms with Gasteiger partial charge in [-0.15, -0.1) is 0 Å². The van der Waals surface area contributed by atoms with Crippen molar-refractivity contribution >= 4 is 28.9 Å². The summed E-state index contributed by atoms with van der Waals surface area (Å²) in [4.78, 5) is 26.1. The first kappa shape index (κ1) is 18.5. The van der Waals surface area contributed by atoms with Crippen molar-refractivity contribution in [2.45, 2.75) is 27.2 Å². The fraction of sp³-hybridized carbons (Fsp3) is 0.300. The Hall–Kier alpha value is -2.82. The lowest BCUT2D eigenvalue weighted by atomic mass is 10.1. The van der Waals surface area contributed by atoms with Crippen LogP contribution in [-0.2, 0) is 4.79 Å². The zero-order valence-electron chi connectivity index (χ0n) is 15.0. The normalized spacial score (nSPS) is 10.2. The maximum Gasteiger partial charge on any atom is 0.255 e. The molecule has 0 spiro atoms. The number of nitrogens with zero attached hydrogens (tertiary/aromatic N) is 1. The number of carbonyl (C=O) groups excluding carboxylic acids is 2. The van der Waals surface area contributed by atoms with Crippen LogP contribution in [-0.4, -0.2) is 24.9 Å². The number of amides is 2. The molecule has 0 saturated carbocycles. The van der Waals surface area contributed by atoms with Crippen LogP contribution in [0.3, 0.4) is 0 Å². The number of rotatable bonds is 7. The Morgan fingerprint density at radius 1 is 0.880 bits per heavy atom. The van der Waals surface area contributed by atoms with Crippen LogP contribution in [0.5, 0.6) is 0 Å². The van der Waals surface area contributed by atoms with Crippen LogP contribution < -0.4 is 15.5 Å². The van der Waals surface area contributed by atoms with Crippen LogP contribution in [0.2, 0.25) is 0 Å². The van der Waals surface area contributed by atoms with E-state index < -0.39 is 0 Å². The maximum atomic E-state index is 12.4. The SMILES string of the molecule is CCC(=O)Nc1cccc(NC(=O)c2ccc(N(CC)CC)cc2)c1. The molecule has 0 saturated heterocycles. The van der Waals surface area contributed by atoms with E-state index in [1.54, 1.807) is 31.2 Å². The monoisotopic (exact) mass is 339 g/mol. The lowest BCUT2D eigenvalue weighted by Gasteiger charge is -2.21. The predicted molar refractivity (Wildman–Crippen MR) is 103 cm³/mol. The van der Waals surface area contributed by atoms with Crippen molar-refractivity contribution < 1.29 is 9.59 Å². The second kappa shape index (κ2) is 8.87. The van der Waals surface area contributed by atoms with E-state index in [1.165, 1.54) is 0 Å². The number of hydrogen-bond donors (Lipinski definition) is 2. The molecule has 0 bridgehead atoms. The fourth-order valence-electron chi connectivity index (χ4n) is 2.54. The van der Waals surface area contributed by atoms with Crippen molar-refractivity contribution in [3.63, 3.8) is 0 Å². The van der Waals surface area contributed by atoms with Crippen LogP contribution >= 0.6 is 0 Å². The van der Waals surface area contributed by atoms with E-state index in [4.69, 9.17) is 0 Å². The minimum Gasteiger partial charge on any atom is -0.372 e. The molecule has 2 aromatic rings. The minimum atomic E-state index is -0.176. The van der Waals surface area contributed by atoms with Gasteiger partial charge >= 0.3 is 0 Å². The van der Waals surface area contributed by atoms with Gasteiger partial charge in [-0.05, 0) is 56.3 Å². The molecule has 5 nitrogen and oxygen atoms in total. The van der Waals surface area contributed by atoms with Crippen LogP contribution in [0.25, 0.3) is 0 Å². The zero-order chi connectivity index (χ0) is 18.2. The summed E-state index contributed by atoms with van der Waals surface area (Å²) < 4.78 is 0. The molecule has 0 heterocycles. The highest BCUT2D eigenvalue weighted by Crippen LogP contribution is 2.18. The van der Waals surface area contributed by atoms with Crippen molar-refractivity contribution in [1.29, 1.82) is 0 Å². The first-order chi connectivity index (χ1) is 12.1. The summed E-state index contributed by atoms with van der Waals surface area (Å²) in [6, 6.07) is 14.7. The first-order valence-corrected chi connectivity index (χ1v) is 8.63. The second-order valence-electron chi connectivity index (χ2n) is 5.66. The van der Waals surface area contributed by atoms with Gasteiger partial charge in [0.25, 0.3) is 5.91 Å². The second-order valence-corrected chi connectivity index (χ2v) is 5.66. The van der Waals surface area contributed by atoms with Gasteiger partial charge in [0.1, 0.15) is 0 Å². The van der Waals surface area contributed by atoms with Gasteiger partial charge in [-0.1, -0.05) is 13.0 Å². The Bertz CT molecular complexity index is 722. The van der Waals surface area contributed by atoms with Gasteiger partial charge in [0.15, 0.2) is 0 Å². The molecular formula is C20H25N3O2. The third kappa shape index (κ3) is 5.08. The summed E-state index contributed by atoms with van der Waals surface area (Å²) in [5.41, 5.74) is 3.01. The molecule has 5 heteroatoms. The highest BCUT2D eigenvalue weighted by Gasteiger charge is 2.08. The lowest BCUT2D eigenvalue weighted by molar-refractivity contribution is -0.115. The molecule has 2 amide bonds. The summed E-state index contributed by atoms with van der Waals surface area (Å²) in [7, 11) is 0. The Morgan fingerprint density at radius 3 is 2.04 bits per heavy atom. The molecule has 0 unspecified atom stereocenters. The molecule has 0 atom stereocenters. The molecule has 0 aliphatic carbocycles. The average molecular weight is 339 g/mol. The van der Waals surface area contributed by atoms with E-state index in [2.05, 4.69) is 29.4 Å². The highest BCUT2D eigenvalue weighted by atomic mass is 16.2. The maximum absolute atomic E-state index is 12.4. The van der Waals surface area contributed by atoms with Crippen LogP contribution in [0.1, 0.15) is 37.6 Å². The number of nitrogens with one attached hydrogen (secondary N) is 2. The van der Waals surface area contributed by atoms with Gasteiger partial charge in [-0.2, -0.15) is 0 Å². The van der Waals surface area contributed by atoms with Gasteiger partial charge in [-0.25, -0.2) is 0 Å². The Morgan fingerprint density at radius 2 is 1.48 bits per heavy atom. The number of carbonyl (C=O) groups is 2. The Labute approximate surface area is 149 Å². The van der Waals surface area contributed by atoms with Crippen LogP contribution in [0.15, 0.2) is 48.5 Å². The smallest absolute Gasteiger partial charge is 0.255 e. The summed E-state index contributed by atoms with van der Waals surface area (Å²) in [6.45, 7) is 7.86. The molecule has 0 aliphatic heterocycles. The fourth-order valence-corrected chi connectivity index (χ4v) is 2.54. The van der Waals surface area contributed by atoms with E-state index in [0.29, 0.717) is 23.4 Å². The quantitative estimate of drug-likeness (QED) is 0.797. The van der Waals surface area contributed by atoms with Crippen molar-refractivity contribution in [1.82, 2.24) is 0 Å². The van der Waals surface area contributed by atoms with Crippen molar-refractivity contribution in [3.8, 4) is 0 Å². The summed E-state index contributed by atoms with van der Waals surface area (Å²) >= 11 is 0. The van der Waals surface area contributed by atoms with Crippen LogP contribution in [0, 0.1) is 0 Å². The van der Waals surface area contributed by atoms with E-state index in [1.807, 2.05) is 24.3 Å². The topological polar surface area (TPSA) is 61.4 Å². The van der Waals surface area contributed by atoms with Gasteiger partial charge in [-0.3, -0.25) is 9.59 Å². The van der Waals surface area contributed by atoms with Crippen molar-refractivity contribution in [3.05, 3.63) is 54.1 Å². The standard InChI is InChI=1S/C20H25N3O2/c1-4-19(24)21-16-8-7-9-17(14-16)22-20(25)15-10-12-18(13-11-15)23(5-2)6-3/h7-14H,4-6H2,1-3H3,(H,21,24)(H,22,25). The highest BCUT2D eigenvalue weighted by molar-refractivity contribution is 6.04. The molecule has 0 radical (unpaired) electrons. The predicted octanol–water partition coefficient (Wildman–Crippen LogP) is 4.13. The third-order valence-corrected chi connectivity index (χ3v) is 3.98. The number of benzene rings is 2. The number of anilines is 3. The van der Waals surface area contributed by atoms with Crippen LogP contribution in [0.4, 0.5) is 17.1 Å². The molecule has 132 valence electrons. The molecular weight excluding hydrogens is 314 g/mol. The minimum absolute atomic E-state index is 0.0598. The van der Waals surface area contributed by atoms with E-state index >= 15 is 0 Å².